The van der Waals surface area contributed by atoms with Crippen LogP contribution in [0.5, 0.6) is 5.75 Å². The fourth-order valence-electron chi connectivity index (χ4n) is 2.57. The second-order valence-electron chi connectivity index (χ2n) is 6.04. The lowest BCUT2D eigenvalue weighted by molar-refractivity contribution is -0.142. The Morgan fingerprint density at radius 3 is 2.73 bits per heavy atom. The minimum Gasteiger partial charge on any atom is -0.477 e. The molecule has 1 heterocycles. The van der Waals surface area contributed by atoms with Gasteiger partial charge in [-0.15, -0.1) is 0 Å². The predicted octanol–water partition coefficient (Wildman–Crippen LogP) is 2.32. The van der Waals surface area contributed by atoms with Crippen molar-refractivity contribution >= 4 is 5.91 Å². The van der Waals surface area contributed by atoms with Crippen LogP contribution in [0.1, 0.15) is 26.7 Å². The van der Waals surface area contributed by atoms with E-state index in [0.717, 1.165) is 25.0 Å². The lowest BCUT2D eigenvalue weighted by atomic mass is 10.0. The molecule has 0 aliphatic carbocycles. The second kappa shape index (κ2) is 7.05. The van der Waals surface area contributed by atoms with Crippen molar-refractivity contribution in [3.8, 4) is 5.75 Å². The molecular formula is C16H22F2N2O2. The van der Waals surface area contributed by atoms with E-state index in [-0.39, 0.29) is 23.6 Å². The maximum absolute atomic E-state index is 13.7. The van der Waals surface area contributed by atoms with E-state index in [1.165, 1.54) is 6.07 Å². The Balaban J connectivity index is 2.13. The van der Waals surface area contributed by atoms with Crippen molar-refractivity contribution < 1.29 is 18.3 Å². The summed E-state index contributed by atoms with van der Waals surface area (Å²) in [4.78, 5) is 14.3. The van der Waals surface area contributed by atoms with Crippen LogP contribution in [-0.4, -0.2) is 36.0 Å². The first-order valence-electron chi connectivity index (χ1n) is 7.54. The molecule has 1 aliphatic rings. The van der Waals surface area contributed by atoms with E-state index >= 15 is 0 Å². The number of halogens is 2. The van der Waals surface area contributed by atoms with Crippen LogP contribution in [0.3, 0.4) is 0 Å². The molecule has 1 amide bonds. The average molecular weight is 312 g/mol. The highest BCUT2D eigenvalue weighted by atomic mass is 19.1. The number of hydrogen-bond donors (Lipinski definition) is 1. The zero-order valence-corrected chi connectivity index (χ0v) is 12.9. The third-order valence-corrected chi connectivity index (χ3v) is 3.77. The van der Waals surface area contributed by atoms with Gasteiger partial charge in [-0.05, 0) is 30.9 Å². The quantitative estimate of drug-likeness (QED) is 0.928. The van der Waals surface area contributed by atoms with E-state index in [4.69, 9.17) is 10.5 Å². The number of rotatable bonds is 4. The molecule has 0 saturated carbocycles. The van der Waals surface area contributed by atoms with E-state index in [2.05, 4.69) is 0 Å². The first-order valence-corrected chi connectivity index (χ1v) is 7.54. The third-order valence-electron chi connectivity index (χ3n) is 3.77. The molecule has 1 fully saturated rings. The number of piperidine rings is 1. The number of nitrogens with two attached hydrogens (primary N) is 1. The number of amides is 1. The van der Waals surface area contributed by atoms with Crippen molar-refractivity contribution in [3.63, 3.8) is 0 Å². The summed E-state index contributed by atoms with van der Waals surface area (Å²) in [6, 6.07) is 3.02. The fraction of sp³-hybridized carbons (Fsp3) is 0.562. The number of carbonyl (C=O) groups is 1. The van der Waals surface area contributed by atoms with Gasteiger partial charge < -0.3 is 15.4 Å². The number of ether oxygens (including phenoxy) is 1. The Labute approximate surface area is 129 Å². The van der Waals surface area contributed by atoms with Crippen LogP contribution in [0.15, 0.2) is 18.2 Å². The molecule has 2 atom stereocenters. The molecule has 0 radical (unpaired) electrons. The summed E-state index contributed by atoms with van der Waals surface area (Å²) in [7, 11) is 0. The van der Waals surface area contributed by atoms with Gasteiger partial charge in [-0.1, -0.05) is 13.8 Å². The monoisotopic (exact) mass is 312 g/mol. The SMILES string of the molecule is CC(C)[C@H](Oc1ccc(F)cc1F)C(=O)N1CCC[C@@H](N)C1. The number of carbonyl (C=O) groups excluding carboxylic acids is 1. The Kier molecular flexibility index (Phi) is 5.34. The van der Waals surface area contributed by atoms with Gasteiger partial charge in [0.25, 0.3) is 5.91 Å². The number of nitrogens with zero attached hydrogens (tertiary/aromatic N) is 1. The first-order chi connectivity index (χ1) is 10.4. The molecular weight excluding hydrogens is 290 g/mol. The lowest BCUT2D eigenvalue weighted by Crippen LogP contribution is -2.51. The zero-order chi connectivity index (χ0) is 16.3. The summed E-state index contributed by atoms with van der Waals surface area (Å²) in [6.07, 6.45) is 0.928. The minimum absolute atomic E-state index is 0.0342. The molecule has 1 saturated heterocycles. The van der Waals surface area contributed by atoms with Crippen LogP contribution in [0.4, 0.5) is 8.78 Å². The Morgan fingerprint density at radius 1 is 1.41 bits per heavy atom. The third kappa shape index (κ3) is 3.94. The maximum Gasteiger partial charge on any atom is 0.263 e. The summed E-state index contributed by atoms with van der Waals surface area (Å²) >= 11 is 0. The summed E-state index contributed by atoms with van der Waals surface area (Å²) < 4.78 is 32.2. The van der Waals surface area contributed by atoms with Gasteiger partial charge in [0.1, 0.15) is 5.82 Å². The minimum atomic E-state index is -0.815. The van der Waals surface area contributed by atoms with Crippen molar-refractivity contribution in [2.75, 3.05) is 13.1 Å². The Hall–Kier alpha value is -1.69. The van der Waals surface area contributed by atoms with Crippen molar-refractivity contribution in [3.05, 3.63) is 29.8 Å². The van der Waals surface area contributed by atoms with Gasteiger partial charge in [-0.3, -0.25) is 4.79 Å². The first kappa shape index (κ1) is 16.7. The van der Waals surface area contributed by atoms with E-state index < -0.39 is 17.7 Å². The van der Waals surface area contributed by atoms with Crippen molar-refractivity contribution in [1.82, 2.24) is 4.90 Å². The van der Waals surface area contributed by atoms with Gasteiger partial charge in [0.2, 0.25) is 0 Å². The van der Waals surface area contributed by atoms with Crippen molar-refractivity contribution in [1.29, 1.82) is 0 Å². The molecule has 0 aromatic heterocycles. The van der Waals surface area contributed by atoms with Crippen molar-refractivity contribution in [2.45, 2.75) is 38.8 Å². The molecule has 22 heavy (non-hydrogen) atoms. The molecule has 1 aromatic carbocycles. The molecule has 0 unspecified atom stereocenters. The number of likely N-dealkylation sites (tertiary alicyclic amines) is 1. The fourth-order valence-corrected chi connectivity index (χ4v) is 2.57. The van der Waals surface area contributed by atoms with Crippen LogP contribution < -0.4 is 10.5 Å². The smallest absolute Gasteiger partial charge is 0.263 e. The highest BCUT2D eigenvalue weighted by Gasteiger charge is 2.32. The van der Waals surface area contributed by atoms with Crippen LogP contribution in [0, 0.1) is 17.6 Å². The highest BCUT2D eigenvalue weighted by Crippen LogP contribution is 2.23. The van der Waals surface area contributed by atoms with E-state index in [0.29, 0.717) is 13.1 Å². The Morgan fingerprint density at radius 2 is 2.14 bits per heavy atom. The van der Waals surface area contributed by atoms with Gasteiger partial charge in [0, 0.05) is 25.2 Å². The molecule has 2 rings (SSSR count). The van der Waals surface area contributed by atoms with E-state index in [9.17, 15) is 13.6 Å². The van der Waals surface area contributed by atoms with Crippen LogP contribution in [0.2, 0.25) is 0 Å². The summed E-state index contributed by atoms with van der Waals surface area (Å²) in [6.45, 7) is 4.77. The van der Waals surface area contributed by atoms with Crippen LogP contribution in [-0.2, 0) is 4.79 Å². The molecule has 1 aliphatic heterocycles. The van der Waals surface area contributed by atoms with Gasteiger partial charge in [0.15, 0.2) is 17.7 Å². The summed E-state index contributed by atoms with van der Waals surface area (Å²) in [5.41, 5.74) is 5.90. The number of benzene rings is 1. The average Bonchev–Trinajstić information content (AvgIpc) is 2.45. The van der Waals surface area contributed by atoms with Crippen molar-refractivity contribution in [2.24, 2.45) is 11.7 Å². The van der Waals surface area contributed by atoms with Crippen LogP contribution >= 0.6 is 0 Å². The molecule has 0 bridgehead atoms. The largest absolute Gasteiger partial charge is 0.477 e. The molecule has 0 spiro atoms. The van der Waals surface area contributed by atoms with Gasteiger partial charge in [0.05, 0.1) is 0 Å². The van der Waals surface area contributed by atoms with E-state index in [1.807, 2.05) is 13.8 Å². The van der Waals surface area contributed by atoms with Gasteiger partial charge >= 0.3 is 0 Å². The van der Waals surface area contributed by atoms with Crippen LogP contribution in [0.25, 0.3) is 0 Å². The Bertz CT molecular complexity index is 537. The van der Waals surface area contributed by atoms with Gasteiger partial charge in [-0.25, -0.2) is 8.78 Å². The zero-order valence-electron chi connectivity index (χ0n) is 12.9. The highest BCUT2D eigenvalue weighted by molar-refractivity contribution is 5.81. The molecule has 2 N–H and O–H groups in total. The molecule has 4 nitrogen and oxygen atoms in total. The normalized spacial score (nSPS) is 20.1. The summed E-state index contributed by atoms with van der Waals surface area (Å²) in [5.74, 6) is -1.95. The standard InChI is InChI=1S/C16H22F2N2O2/c1-10(2)15(16(21)20-7-3-4-12(19)9-20)22-14-6-5-11(17)8-13(14)18/h5-6,8,10,12,15H,3-4,7,9,19H2,1-2H3/t12-,15+/m1/s1. The second-order valence-corrected chi connectivity index (χ2v) is 6.04. The topological polar surface area (TPSA) is 55.6 Å². The predicted molar refractivity (Wildman–Crippen MR) is 79.4 cm³/mol. The summed E-state index contributed by atoms with van der Waals surface area (Å²) in [5, 5.41) is 0. The molecule has 1 aromatic rings. The maximum atomic E-state index is 13.7. The van der Waals surface area contributed by atoms with Gasteiger partial charge in [-0.2, -0.15) is 0 Å². The number of hydrogen-bond acceptors (Lipinski definition) is 3. The molecule has 6 heteroatoms. The van der Waals surface area contributed by atoms with E-state index in [1.54, 1.807) is 4.90 Å². The lowest BCUT2D eigenvalue weighted by Gasteiger charge is -2.34. The molecule has 122 valence electrons.